The van der Waals surface area contributed by atoms with Crippen LogP contribution in [0.25, 0.3) is 22.1 Å². The zero-order chi connectivity index (χ0) is 23.1. The summed E-state index contributed by atoms with van der Waals surface area (Å²) in [6.45, 7) is 1.59. The Hall–Kier alpha value is -3.81. The minimum Gasteiger partial charge on any atom is -0.497 e. The van der Waals surface area contributed by atoms with Gasteiger partial charge in [-0.3, -0.25) is 4.79 Å². The first-order valence-corrected chi connectivity index (χ1v) is 10.3. The third-order valence-electron chi connectivity index (χ3n) is 4.97. The highest BCUT2D eigenvalue weighted by Crippen LogP contribution is 2.30. The van der Waals surface area contributed by atoms with Crippen molar-refractivity contribution in [1.29, 1.82) is 0 Å². The van der Waals surface area contributed by atoms with E-state index in [4.69, 9.17) is 13.9 Å². The van der Waals surface area contributed by atoms with E-state index in [9.17, 15) is 19.5 Å². The Balaban J connectivity index is 1.76. The van der Waals surface area contributed by atoms with Gasteiger partial charge in [0.05, 0.1) is 7.11 Å². The normalized spacial score (nSPS) is 11.7. The number of aliphatic carboxylic acids is 1. The lowest BCUT2D eigenvalue weighted by molar-refractivity contribution is -0.142. The van der Waals surface area contributed by atoms with Crippen LogP contribution in [0, 0.1) is 0 Å². The van der Waals surface area contributed by atoms with Crippen molar-refractivity contribution in [1.82, 2.24) is 5.32 Å². The smallest absolute Gasteiger partial charge is 0.336 e. The molecule has 0 saturated carbocycles. The molecule has 168 valence electrons. The van der Waals surface area contributed by atoms with Gasteiger partial charge in [0.25, 0.3) is 5.91 Å². The molecule has 8 nitrogen and oxygen atoms in total. The number of carbonyl (C=O) groups is 2. The topological polar surface area (TPSA) is 115 Å². The summed E-state index contributed by atoms with van der Waals surface area (Å²) < 4.78 is 16.0. The number of fused-ring (bicyclic) bond motifs is 1. The molecule has 2 aromatic carbocycles. The number of carbonyl (C=O) groups excluding carboxylic acids is 1. The molecule has 3 rings (SSSR count). The molecule has 0 spiro atoms. The Morgan fingerprint density at radius 3 is 2.47 bits per heavy atom. The number of rotatable bonds is 10. The maximum atomic E-state index is 12.1. The van der Waals surface area contributed by atoms with E-state index >= 15 is 0 Å². The second-order valence-corrected chi connectivity index (χ2v) is 7.25. The second-order valence-electron chi connectivity index (χ2n) is 7.25. The molecular weight excluding hydrogens is 414 g/mol. The second kappa shape index (κ2) is 10.5. The number of benzene rings is 2. The molecule has 0 bridgehead atoms. The van der Waals surface area contributed by atoms with E-state index < -0.39 is 23.5 Å². The fourth-order valence-electron chi connectivity index (χ4n) is 3.29. The van der Waals surface area contributed by atoms with Crippen LogP contribution in [0.3, 0.4) is 0 Å². The van der Waals surface area contributed by atoms with E-state index in [0.29, 0.717) is 40.9 Å². The van der Waals surface area contributed by atoms with Crippen LogP contribution in [0.15, 0.2) is 57.7 Å². The summed E-state index contributed by atoms with van der Waals surface area (Å²) in [5, 5.41) is 12.4. The van der Waals surface area contributed by atoms with E-state index in [1.54, 1.807) is 31.4 Å². The highest BCUT2D eigenvalue weighted by molar-refractivity contribution is 5.94. The predicted molar refractivity (Wildman–Crippen MR) is 119 cm³/mol. The SMILES string of the molecule is CCCCC(NC(=O)COc1ccc2c(-c3ccc(OC)cc3)cc(=O)oc2c1)C(=O)O. The van der Waals surface area contributed by atoms with Crippen LogP contribution in [-0.4, -0.2) is 36.7 Å². The summed E-state index contributed by atoms with van der Waals surface area (Å²) >= 11 is 0. The zero-order valence-electron chi connectivity index (χ0n) is 17.9. The van der Waals surface area contributed by atoms with Crippen molar-refractivity contribution in [2.45, 2.75) is 32.2 Å². The minimum atomic E-state index is -1.08. The van der Waals surface area contributed by atoms with Crippen LogP contribution in [0.2, 0.25) is 0 Å². The summed E-state index contributed by atoms with van der Waals surface area (Å²) in [5.41, 5.74) is 1.32. The molecule has 1 heterocycles. The van der Waals surface area contributed by atoms with E-state index in [2.05, 4.69) is 5.32 Å². The molecule has 0 saturated heterocycles. The van der Waals surface area contributed by atoms with E-state index in [1.165, 1.54) is 12.1 Å². The summed E-state index contributed by atoms with van der Waals surface area (Å²) in [4.78, 5) is 35.5. The number of methoxy groups -OCH3 is 1. The number of carboxylic acid groups (broad SMARTS) is 1. The summed E-state index contributed by atoms with van der Waals surface area (Å²) in [7, 11) is 1.58. The number of amides is 1. The maximum Gasteiger partial charge on any atom is 0.336 e. The average molecular weight is 439 g/mol. The Morgan fingerprint density at radius 1 is 1.09 bits per heavy atom. The van der Waals surface area contributed by atoms with E-state index in [0.717, 1.165) is 12.0 Å². The molecule has 1 aromatic heterocycles. The van der Waals surface area contributed by atoms with Gasteiger partial charge in [-0.25, -0.2) is 9.59 Å². The minimum absolute atomic E-state index is 0.313. The molecule has 3 aromatic rings. The molecule has 1 amide bonds. The van der Waals surface area contributed by atoms with Gasteiger partial charge in [0.2, 0.25) is 0 Å². The van der Waals surface area contributed by atoms with Crippen LogP contribution in [0.5, 0.6) is 11.5 Å². The summed E-state index contributed by atoms with van der Waals surface area (Å²) in [6, 6.07) is 12.7. The summed E-state index contributed by atoms with van der Waals surface area (Å²) in [5.74, 6) is -0.592. The van der Waals surface area contributed by atoms with Crippen molar-refractivity contribution < 1.29 is 28.6 Å². The standard InChI is InChI=1S/C24H25NO7/c1-3-4-5-20(24(28)29)25-22(26)14-31-17-10-11-18-19(13-23(27)32-21(18)12-17)15-6-8-16(30-2)9-7-15/h6-13,20H,3-5,14H2,1-2H3,(H,25,26)(H,28,29). The molecule has 8 heteroatoms. The largest absolute Gasteiger partial charge is 0.497 e. The monoisotopic (exact) mass is 439 g/mol. The highest BCUT2D eigenvalue weighted by Gasteiger charge is 2.19. The van der Waals surface area contributed by atoms with Gasteiger partial charge in [-0.15, -0.1) is 0 Å². The number of unbranched alkanes of at least 4 members (excludes halogenated alkanes) is 1. The molecule has 0 radical (unpaired) electrons. The molecule has 1 unspecified atom stereocenters. The van der Waals surface area contributed by atoms with Crippen molar-refractivity contribution >= 4 is 22.8 Å². The molecule has 1 atom stereocenters. The lowest BCUT2D eigenvalue weighted by Gasteiger charge is -2.14. The van der Waals surface area contributed by atoms with Gasteiger partial charge in [0, 0.05) is 17.5 Å². The van der Waals surface area contributed by atoms with Crippen LogP contribution in [0.4, 0.5) is 0 Å². The van der Waals surface area contributed by atoms with Gasteiger partial charge in [0.1, 0.15) is 23.1 Å². The molecular formula is C24H25NO7. The number of ether oxygens (including phenoxy) is 2. The number of nitrogens with one attached hydrogen (secondary N) is 1. The Bertz CT molecular complexity index is 1150. The quantitative estimate of drug-likeness (QED) is 0.464. The van der Waals surface area contributed by atoms with Gasteiger partial charge >= 0.3 is 11.6 Å². The summed E-state index contributed by atoms with van der Waals surface area (Å²) in [6.07, 6.45) is 1.88. The molecule has 0 aliphatic rings. The van der Waals surface area contributed by atoms with Crippen molar-refractivity contribution in [3.63, 3.8) is 0 Å². The Kier molecular flexibility index (Phi) is 7.49. The van der Waals surface area contributed by atoms with Crippen LogP contribution >= 0.6 is 0 Å². The van der Waals surface area contributed by atoms with Crippen molar-refractivity contribution in [2.24, 2.45) is 0 Å². The predicted octanol–water partition coefficient (Wildman–Crippen LogP) is 3.61. The molecule has 2 N–H and O–H groups in total. The van der Waals surface area contributed by atoms with Crippen LogP contribution in [0.1, 0.15) is 26.2 Å². The molecule has 32 heavy (non-hydrogen) atoms. The van der Waals surface area contributed by atoms with Crippen molar-refractivity contribution in [2.75, 3.05) is 13.7 Å². The number of hydrogen-bond acceptors (Lipinski definition) is 6. The van der Waals surface area contributed by atoms with Crippen molar-refractivity contribution in [3.8, 4) is 22.6 Å². The van der Waals surface area contributed by atoms with Crippen LogP contribution in [-0.2, 0) is 9.59 Å². The highest BCUT2D eigenvalue weighted by atomic mass is 16.5. The van der Waals surface area contributed by atoms with E-state index in [1.807, 2.05) is 19.1 Å². The van der Waals surface area contributed by atoms with Gasteiger partial charge in [0.15, 0.2) is 6.61 Å². The molecule has 0 fully saturated rings. The molecule has 0 aliphatic carbocycles. The fourth-order valence-corrected chi connectivity index (χ4v) is 3.29. The lowest BCUT2D eigenvalue weighted by atomic mass is 10.0. The third kappa shape index (κ3) is 5.66. The Morgan fingerprint density at radius 2 is 1.81 bits per heavy atom. The lowest BCUT2D eigenvalue weighted by Crippen LogP contribution is -2.42. The zero-order valence-corrected chi connectivity index (χ0v) is 17.9. The van der Waals surface area contributed by atoms with Crippen LogP contribution < -0.4 is 20.4 Å². The number of hydrogen-bond donors (Lipinski definition) is 2. The van der Waals surface area contributed by atoms with Gasteiger partial charge in [-0.05, 0) is 41.8 Å². The average Bonchev–Trinajstić information content (AvgIpc) is 2.79. The maximum absolute atomic E-state index is 12.1. The Labute approximate surface area is 184 Å². The first kappa shape index (κ1) is 22.9. The first-order valence-electron chi connectivity index (χ1n) is 10.3. The third-order valence-corrected chi connectivity index (χ3v) is 4.97. The van der Waals surface area contributed by atoms with Gasteiger partial charge < -0.3 is 24.3 Å². The first-order chi connectivity index (χ1) is 15.4. The number of carboxylic acids is 1. The van der Waals surface area contributed by atoms with Gasteiger partial charge in [-0.2, -0.15) is 0 Å². The fraction of sp³-hybridized carbons (Fsp3) is 0.292. The van der Waals surface area contributed by atoms with Gasteiger partial charge in [-0.1, -0.05) is 31.9 Å². The molecule has 0 aliphatic heterocycles. The van der Waals surface area contributed by atoms with E-state index in [-0.39, 0.29) is 6.61 Å². The van der Waals surface area contributed by atoms with Crippen molar-refractivity contribution in [3.05, 3.63) is 59.0 Å².